The molecule has 0 saturated carbocycles. The molecule has 1 nitrogen and oxygen atoms in total. The van der Waals surface area contributed by atoms with Crippen molar-refractivity contribution in [1.82, 2.24) is 5.32 Å². The van der Waals surface area contributed by atoms with Crippen molar-refractivity contribution in [2.24, 2.45) is 0 Å². The lowest BCUT2D eigenvalue weighted by Gasteiger charge is -2.19. The van der Waals surface area contributed by atoms with Gasteiger partial charge in [0.05, 0.1) is 6.04 Å². The van der Waals surface area contributed by atoms with Crippen LogP contribution in [0.15, 0.2) is 36.4 Å². The summed E-state index contributed by atoms with van der Waals surface area (Å²) in [6.07, 6.45) is 0. The largest absolute Gasteiger partial charge is 0.309 e. The van der Waals surface area contributed by atoms with Crippen LogP contribution in [0, 0.1) is 18.6 Å². The van der Waals surface area contributed by atoms with Gasteiger partial charge in [0.2, 0.25) is 0 Å². The van der Waals surface area contributed by atoms with Gasteiger partial charge in [0.25, 0.3) is 0 Å². The van der Waals surface area contributed by atoms with E-state index in [9.17, 15) is 8.78 Å². The first-order chi connectivity index (χ1) is 9.01. The Kier molecular flexibility index (Phi) is 4.17. The summed E-state index contributed by atoms with van der Waals surface area (Å²) in [4.78, 5) is 0. The minimum Gasteiger partial charge on any atom is -0.309 e. The quantitative estimate of drug-likeness (QED) is 0.887. The average molecular weight is 282 g/mol. The van der Waals surface area contributed by atoms with E-state index >= 15 is 0 Å². The number of halogens is 3. The highest BCUT2D eigenvalue weighted by atomic mass is 35.5. The van der Waals surface area contributed by atoms with Crippen molar-refractivity contribution in [2.75, 3.05) is 7.05 Å². The van der Waals surface area contributed by atoms with Gasteiger partial charge in [-0.3, -0.25) is 0 Å². The molecule has 0 bridgehead atoms. The van der Waals surface area contributed by atoms with E-state index in [0.29, 0.717) is 5.02 Å². The zero-order chi connectivity index (χ0) is 14.0. The maximum absolute atomic E-state index is 13.9. The normalized spacial score (nSPS) is 12.5. The van der Waals surface area contributed by atoms with Gasteiger partial charge in [-0.1, -0.05) is 17.7 Å². The number of hydrogen-bond donors (Lipinski definition) is 1. The van der Waals surface area contributed by atoms with E-state index < -0.39 is 17.7 Å². The van der Waals surface area contributed by atoms with Crippen LogP contribution in [0.4, 0.5) is 8.78 Å². The topological polar surface area (TPSA) is 12.0 Å². The number of benzene rings is 2. The van der Waals surface area contributed by atoms with Gasteiger partial charge in [-0.15, -0.1) is 0 Å². The molecule has 0 saturated heterocycles. The lowest BCUT2D eigenvalue weighted by atomic mass is 9.97. The molecule has 2 aromatic rings. The highest BCUT2D eigenvalue weighted by Gasteiger charge is 2.17. The summed E-state index contributed by atoms with van der Waals surface area (Å²) in [5.41, 5.74) is 2.04. The molecule has 0 aromatic heterocycles. The Hall–Kier alpha value is -1.45. The van der Waals surface area contributed by atoms with Gasteiger partial charge in [-0.05, 0) is 55.4 Å². The van der Waals surface area contributed by atoms with E-state index in [0.717, 1.165) is 23.3 Å². The zero-order valence-electron chi connectivity index (χ0n) is 10.7. The summed E-state index contributed by atoms with van der Waals surface area (Å²) in [7, 11) is 1.70. The summed E-state index contributed by atoms with van der Waals surface area (Å²) in [6, 6.07) is 8.47. The fourth-order valence-electron chi connectivity index (χ4n) is 2.17. The maximum Gasteiger partial charge on any atom is 0.128 e. The second-order valence-electron chi connectivity index (χ2n) is 4.45. The third kappa shape index (κ3) is 3.11. The lowest BCUT2D eigenvalue weighted by Crippen LogP contribution is -2.19. The van der Waals surface area contributed by atoms with E-state index in [1.807, 2.05) is 19.1 Å². The van der Waals surface area contributed by atoms with Crippen molar-refractivity contribution in [3.05, 3.63) is 69.7 Å². The minimum absolute atomic E-state index is 0.268. The van der Waals surface area contributed by atoms with Gasteiger partial charge < -0.3 is 5.32 Å². The van der Waals surface area contributed by atoms with Crippen molar-refractivity contribution in [3.63, 3.8) is 0 Å². The van der Waals surface area contributed by atoms with Crippen LogP contribution < -0.4 is 5.32 Å². The highest BCUT2D eigenvalue weighted by molar-refractivity contribution is 6.30. The molecular weight excluding hydrogens is 268 g/mol. The fraction of sp³-hybridized carbons (Fsp3) is 0.200. The molecule has 0 radical (unpaired) electrons. The summed E-state index contributed by atoms with van der Waals surface area (Å²) >= 11 is 6.01. The SMILES string of the molecule is CNC(c1cc(C)cc(Cl)c1)c1cc(F)ccc1F. The summed E-state index contributed by atoms with van der Waals surface area (Å²) < 4.78 is 27.2. The molecule has 100 valence electrons. The van der Waals surface area contributed by atoms with Crippen LogP contribution in [0.2, 0.25) is 5.02 Å². The van der Waals surface area contributed by atoms with Crippen LogP contribution in [0.1, 0.15) is 22.7 Å². The summed E-state index contributed by atoms with van der Waals surface area (Å²) in [5, 5.41) is 3.57. The molecule has 0 amide bonds. The molecule has 1 atom stereocenters. The third-order valence-corrected chi connectivity index (χ3v) is 3.17. The van der Waals surface area contributed by atoms with Crippen molar-refractivity contribution >= 4 is 11.6 Å². The van der Waals surface area contributed by atoms with Crippen molar-refractivity contribution in [3.8, 4) is 0 Å². The molecule has 0 aliphatic carbocycles. The average Bonchev–Trinajstić information content (AvgIpc) is 2.33. The molecule has 0 fully saturated rings. The predicted octanol–water partition coefficient (Wildman–Crippen LogP) is 4.24. The Morgan fingerprint density at radius 3 is 2.47 bits per heavy atom. The molecule has 2 aromatic carbocycles. The van der Waals surface area contributed by atoms with Gasteiger partial charge in [0.1, 0.15) is 11.6 Å². The Morgan fingerprint density at radius 1 is 1.11 bits per heavy atom. The van der Waals surface area contributed by atoms with E-state index in [2.05, 4.69) is 5.32 Å². The smallest absolute Gasteiger partial charge is 0.128 e. The second-order valence-corrected chi connectivity index (χ2v) is 4.89. The number of rotatable bonds is 3. The molecule has 1 N–H and O–H groups in total. The van der Waals surface area contributed by atoms with E-state index in [1.54, 1.807) is 13.1 Å². The molecular formula is C15H14ClF2N. The molecule has 0 aliphatic rings. The van der Waals surface area contributed by atoms with E-state index in [1.165, 1.54) is 6.07 Å². The second kappa shape index (κ2) is 5.68. The predicted molar refractivity (Wildman–Crippen MR) is 73.4 cm³/mol. The van der Waals surface area contributed by atoms with Crippen molar-refractivity contribution in [2.45, 2.75) is 13.0 Å². The Balaban J connectivity index is 2.52. The van der Waals surface area contributed by atoms with Gasteiger partial charge in [0, 0.05) is 10.6 Å². The minimum atomic E-state index is -0.463. The number of aryl methyl sites for hydroxylation is 1. The number of hydrogen-bond acceptors (Lipinski definition) is 1. The standard InChI is InChI=1S/C15H14ClF2N/c1-9-5-10(7-11(16)6-9)15(19-2)13-8-12(17)3-4-14(13)18/h3-8,15,19H,1-2H3. The molecule has 4 heteroatoms. The summed E-state index contributed by atoms with van der Waals surface area (Å²) in [6.45, 7) is 1.91. The van der Waals surface area contributed by atoms with Crippen molar-refractivity contribution in [1.29, 1.82) is 0 Å². The first-order valence-corrected chi connectivity index (χ1v) is 6.28. The van der Waals surface area contributed by atoms with Crippen LogP contribution in [0.5, 0.6) is 0 Å². The van der Waals surface area contributed by atoms with Crippen LogP contribution in [0.3, 0.4) is 0 Å². The highest BCUT2D eigenvalue weighted by Crippen LogP contribution is 2.27. The monoisotopic (exact) mass is 281 g/mol. The fourth-order valence-corrected chi connectivity index (χ4v) is 2.47. The van der Waals surface area contributed by atoms with Crippen molar-refractivity contribution < 1.29 is 8.78 Å². The molecule has 0 heterocycles. The molecule has 2 rings (SSSR count). The van der Waals surface area contributed by atoms with E-state index in [-0.39, 0.29) is 5.56 Å². The zero-order valence-corrected chi connectivity index (χ0v) is 11.4. The van der Waals surface area contributed by atoms with E-state index in [4.69, 9.17) is 11.6 Å². The van der Waals surface area contributed by atoms with Crippen LogP contribution in [0.25, 0.3) is 0 Å². The van der Waals surface area contributed by atoms with Gasteiger partial charge in [-0.25, -0.2) is 8.78 Å². The Morgan fingerprint density at radius 2 is 1.84 bits per heavy atom. The summed E-state index contributed by atoms with van der Waals surface area (Å²) in [5.74, 6) is -0.909. The Labute approximate surface area is 116 Å². The first kappa shape index (κ1) is 14.0. The molecule has 0 aliphatic heterocycles. The van der Waals surface area contributed by atoms with Gasteiger partial charge in [0.15, 0.2) is 0 Å². The first-order valence-electron chi connectivity index (χ1n) is 5.90. The van der Waals surface area contributed by atoms with Gasteiger partial charge >= 0.3 is 0 Å². The maximum atomic E-state index is 13.9. The van der Waals surface area contributed by atoms with Crippen LogP contribution >= 0.6 is 11.6 Å². The number of nitrogens with one attached hydrogen (secondary N) is 1. The third-order valence-electron chi connectivity index (χ3n) is 2.96. The Bertz CT molecular complexity index is 578. The van der Waals surface area contributed by atoms with Crippen LogP contribution in [-0.2, 0) is 0 Å². The van der Waals surface area contributed by atoms with Gasteiger partial charge in [-0.2, -0.15) is 0 Å². The molecule has 0 spiro atoms. The lowest BCUT2D eigenvalue weighted by molar-refractivity contribution is 0.558. The molecule has 19 heavy (non-hydrogen) atoms. The van der Waals surface area contributed by atoms with Crippen LogP contribution in [-0.4, -0.2) is 7.05 Å². The molecule has 1 unspecified atom stereocenters.